The fourth-order valence-electron chi connectivity index (χ4n) is 1.70. The van der Waals surface area contributed by atoms with E-state index in [9.17, 15) is 9.59 Å². The summed E-state index contributed by atoms with van der Waals surface area (Å²) in [6, 6.07) is 0. The number of fused-ring (bicyclic) bond motifs is 2. The maximum absolute atomic E-state index is 11.6. The molecule has 0 aromatic heterocycles. The lowest BCUT2D eigenvalue weighted by atomic mass is 9.95. The van der Waals surface area contributed by atoms with E-state index in [-0.39, 0.29) is 24.6 Å². The summed E-state index contributed by atoms with van der Waals surface area (Å²) in [6.07, 6.45) is 2.73. The molecule has 0 radical (unpaired) electrons. The van der Waals surface area contributed by atoms with Crippen LogP contribution >= 0.6 is 0 Å². The average Bonchev–Trinajstić information content (AvgIpc) is 2.55. The number of ketones is 2. The normalized spacial score (nSPS) is 35.4. The lowest BCUT2D eigenvalue weighted by Crippen LogP contribution is -2.49. The topological polar surface area (TPSA) is 52.6 Å². The van der Waals surface area contributed by atoms with Crippen LogP contribution < -0.4 is 0 Å². The van der Waals surface area contributed by atoms with Crippen LogP contribution in [-0.4, -0.2) is 36.5 Å². The molecule has 2 rings (SSSR count). The third-order valence-corrected chi connectivity index (χ3v) is 2.52. The van der Waals surface area contributed by atoms with E-state index in [1.165, 1.54) is 0 Å². The van der Waals surface area contributed by atoms with Crippen LogP contribution in [-0.2, 0) is 19.1 Å². The number of rotatable bonds is 3. The molecule has 0 unspecified atom stereocenters. The highest BCUT2D eigenvalue weighted by Gasteiger charge is 2.49. The van der Waals surface area contributed by atoms with Crippen LogP contribution in [0.2, 0.25) is 0 Å². The van der Waals surface area contributed by atoms with Crippen LogP contribution in [0.4, 0.5) is 0 Å². The summed E-state index contributed by atoms with van der Waals surface area (Å²) in [4.78, 5) is 22.9. The second kappa shape index (κ2) is 3.29. The van der Waals surface area contributed by atoms with Gasteiger partial charge in [0.2, 0.25) is 0 Å². The van der Waals surface area contributed by atoms with E-state index < -0.39 is 11.7 Å². The first-order valence-electron chi connectivity index (χ1n) is 4.69. The molecule has 0 aliphatic carbocycles. The Morgan fingerprint density at radius 1 is 1.64 bits per heavy atom. The first kappa shape index (κ1) is 9.55. The van der Waals surface area contributed by atoms with Crippen molar-refractivity contribution in [3.05, 3.63) is 12.2 Å². The second-order valence-electron chi connectivity index (χ2n) is 3.49. The molecule has 2 bridgehead atoms. The minimum atomic E-state index is -0.978. The van der Waals surface area contributed by atoms with E-state index >= 15 is 0 Å². The van der Waals surface area contributed by atoms with Crippen LogP contribution in [0.3, 0.4) is 0 Å². The van der Waals surface area contributed by atoms with Crippen LogP contribution in [0, 0.1) is 0 Å². The zero-order chi connectivity index (χ0) is 10.2. The van der Waals surface area contributed by atoms with Crippen LogP contribution in [0.1, 0.15) is 13.3 Å². The number of carbonyl (C=O) groups excluding carboxylic acids is 2. The lowest BCUT2D eigenvalue weighted by Gasteiger charge is -2.30. The summed E-state index contributed by atoms with van der Waals surface area (Å²) in [5.41, 5.74) is -0.978. The third-order valence-electron chi connectivity index (χ3n) is 2.52. The minimum absolute atomic E-state index is 0.0370. The van der Waals surface area contributed by atoms with Gasteiger partial charge in [-0.3, -0.25) is 9.59 Å². The highest BCUT2D eigenvalue weighted by molar-refractivity contribution is 6.09. The van der Waals surface area contributed by atoms with Gasteiger partial charge in [0.05, 0.1) is 13.0 Å². The molecular weight excluding hydrogens is 184 g/mol. The van der Waals surface area contributed by atoms with Crippen molar-refractivity contribution in [2.24, 2.45) is 0 Å². The van der Waals surface area contributed by atoms with E-state index in [4.69, 9.17) is 9.47 Å². The van der Waals surface area contributed by atoms with E-state index in [1.807, 2.05) is 6.92 Å². The van der Waals surface area contributed by atoms with E-state index in [1.54, 1.807) is 12.2 Å². The molecule has 0 aromatic carbocycles. The van der Waals surface area contributed by atoms with Gasteiger partial charge in [-0.15, -0.1) is 0 Å². The highest BCUT2D eigenvalue weighted by Crippen LogP contribution is 2.32. The molecule has 0 spiro atoms. The van der Waals surface area contributed by atoms with Gasteiger partial charge in [-0.05, 0) is 19.1 Å². The molecule has 2 atom stereocenters. The summed E-state index contributed by atoms with van der Waals surface area (Å²) < 4.78 is 10.6. The Hall–Kier alpha value is -1.00. The first-order chi connectivity index (χ1) is 6.68. The molecule has 76 valence electrons. The van der Waals surface area contributed by atoms with Crippen molar-refractivity contribution < 1.29 is 19.1 Å². The molecule has 4 heteroatoms. The summed E-state index contributed by atoms with van der Waals surface area (Å²) in [5.74, 6) is -0.350. The second-order valence-corrected chi connectivity index (χ2v) is 3.49. The van der Waals surface area contributed by atoms with Crippen molar-refractivity contribution in [1.82, 2.24) is 0 Å². The van der Waals surface area contributed by atoms with Gasteiger partial charge in [-0.1, -0.05) is 0 Å². The van der Waals surface area contributed by atoms with Crippen molar-refractivity contribution in [1.29, 1.82) is 0 Å². The minimum Gasteiger partial charge on any atom is -0.378 e. The third kappa shape index (κ3) is 1.31. The van der Waals surface area contributed by atoms with E-state index in [0.717, 1.165) is 0 Å². The Morgan fingerprint density at radius 3 is 3.14 bits per heavy atom. The van der Waals surface area contributed by atoms with Gasteiger partial charge in [0.15, 0.2) is 17.2 Å². The summed E-state index contributed by atoms with van der Waals surface area (Å²) in [5, 5.41) is 0. The molecule has 2 aliphatic rings. The lowest BCUT2D eigenvalue weighted by molar-refractivity contribution is -0.163. The Morgan fingerprint density at radius 2 is 2.43 bits per heavy atom. The van der Waals surface area contributed by atoms with Crippen molar-refractivity contribution in [3.8, 4) is 0 Å². The van der Waals surface area contributed by atoms with E-state index in [2.05, 4.69) is 0 Å². The molecule has 2 aliphatic heterocycles. The molecule has 0 amide bonds. The van der Waals surface area contributed by atoms with Crippen LogP contribution in [0.5, 0.6) is 0 Å². The molecule has 14 heavy (non-hydrogen) atoms. The molecule has 1 saturated heterocycles. The molecule has 4 nitrogen and oxygen atoms in total. The number of ether oxygens (including phenoxy) is 2. The molecule has 1 fully saturated rings. The Balaban J connectivity index is 2.17. The fourth-order valence-corrected chi connectivity index (χ4v) is 1.70. The Kier molecular flexibility index (Phi) is 2.25. The molecule has 0 saturated carbocycles. The number of carbonyl (C=O) groups is 2. The van der Waals surface area contributed by atoms with Gasteiger partial charge in [0.25, 0.3) is 0 Å². The van der Waals surface area contributed by atoms with Crippen LogP contribution in [0.25, 0.3) is 0 Å². The maximum Gasteiger partial charge on any atom is 0.178 e. The summed E-state index contributed by atoms with van der Waals surface area (Å²) in [6.45, 7) is 2.60. The number of hydrogen-bond donors (Lipinski definition) is 0. The van der Waals surface area contributed by atoms with Crippen molar-refractivity contribution in [2.45, 2.75) is 25.0 Å². The summed E-state index contributed by atoms with van der Waals surface area (Å²) in [7, 11) is 0. The average molecular weight is 196 g/mol. The monoisotopic (exact) mass is 196 g/mol. The molecule has 0 aromatic rings. The smallest absolute Gasteiger partial charge is 0.178 e. The predicted octanol–water partition coefficient (Wildman–Crippen LogP) is 0.259. The molecule has 2 heterocycles. The quantitative estimate of drug-likeness (QED) is 0.480. The Bertz CT molecular complexity index is 307. The van der Waals surface area contributed by atoms with Gasteiger partial charge in [-0.2, -0.15) is 0 Å². The largest absolute Gasteiger partial charge is 0.378 e. The van der Waals surface area contributed by atoms with Crippen molar-refractivity contribution in [3.63, 3.8) is 0 Å². The predicted molar refractivity (Wildman–Crippen MR) is 47.9 cm³/mol. The van der Waals surface area contributed by atoms with Gasteiger partial charge in [0.1, 0.15) is 6.10 Å². The Labute approximate surface area is 81.9 Å². The number of hydrogen-bond acceptors (Lipinski definition) is 4. The zero-order valence-corrected chi connectivity index (χ0v) is 7.99. The van der Waals surface area contributed by atoms with E-state index in [0.29, 0.717) is 6.61 Å². The SMILES string of the molecule is CCOC[C@]12C=C[C@H](O1)C(=O)CC2=O. The highest BCUT2D eigenvalue weighted by atomic mass is 16.6. The van der Waals surface area contributed by atoms with Gasteiger partial charge in [-0.25, -0.2) is 0 Å². The summed E-state index contributed by atoms with van der Waals surface area (Å²) >= 11 is 0. The number of Topliss-reactive ketones (excluding diaryl/α,β-unsaturated/α-hetero) is 2. The van der Waals surface area contributed by atoms with Crippen molar-refractivity contribution >= 4 is 11.6 Å². The molecule has 0 N–H and O–H groups in total. The van der Waals surface area contributed by atoms with Gasteiger partial charge >= 0.3 is 0 Å². The molecular formula is C10H12O4. The van der Waals surface area contributed by atoms with Crippen LogP contribution in [0.15, 0.2) is 12.2 Å². The van der Waals surface area contributed by atoms with Gasteiger partial charge < -0.3 is 9.47 Å². The zero-order valence-electron chi connectivity index (χ0n) is 7.99. The maximum atomic E-state index is 11.6. The first-order valence-corrected chi connectivity index (χ1v) is 4.69. The van der Waals surface area contributed by atoms with Gasteiger partial charge in [0, 0.05) is 6.61 Å². The standard InChI is InChI=1S/C10H12O4/c1-2-13-6-10-4-3-8(14-10)7(11)5-9(10)12/h3-4,8H,2,5-6H2,1H3/t8-,10-/m0/s1. The van der Waals surface area contributed by atoms with Crippen molar-refractivity contribution in [2.75, 3.05) is 13.2 Å². The fraction of sp³-hybridized carbons (Fsp3) is 0.600.